The van der Waals surface area contributed by atoms with E-state index >= 15 is 0 Å². The van der Waals surface area contributed by atoms with Gasteiger partial charge in [-0.1, -0.05) is 5.11 Å². The standard InChI is InChI=1S/C5H7N3O2/c6-8-7-3-4-1-2-10-5(4)9/h4H,1-3H2/t4-/m1/s1. The fourth-order valence-corrected chi connectivity index (χ4v) is 0.838. The molecular formula is C5H7N3O2. The Balaban J connectivity index is 2.40. The Kier molecular flexibility index (Phi) is 2.12. The predicted molar refractivity (Wildman–Crippen MR) is 33.1 cm³/mol. The highest BCUT2D eigenvalue weighted by atomic mass is 16.5. The van der Waals surface area contributed by atoms with Crippen LogP contribution >= 0.6 is 0 Å². The van der Waals surface area contributed by atoms with Crippen LogP contribution in [-0.4, -0.2) is 19.1 Å². The monoisotopic (exact) mass is 141 g/mol. The molecule has 0 aromatic carbocycles. The van der Waals surface area contributed by atoms with Gasteiger partial charge in [0.15, 0.2) is 0 Å². The Morgan fingerprint density at radius 3 is 3.20 bits per heavy atom. The maximum absolute atomic E-state index is 10.7. The van der Waals surface area contributed by atoms with Crippen LogP contribution in [0.15, 0.2) is 5.11 Å². The van der Waals surface area contributed by atoms with Gasteiger partial charge in [-0.2, -0.15) is 0 Å². The summed E-state index contributed by atoms with van der Waals surface area (Å²) in [6, 6.07) is 0. The van der Waals surface area contributed by atoms with Crippen LogP contribution in [0.3, 0.4) is 0 Å². The first kappa shape index (κ1) is 6.89. The van der Waals surface area contributed by atoms with Crippen molar-refractivity contribution in [3.05, 3.63) is 10.4 Å². The van der Waals surface area contributed by atoms with E-state index in [0.29, 0.717) is 13.0 Å². The largest absolute Gasteiger partial charge is 0.465 e. The van der Waals surface area contributed by atoms with Crippen molar-refractivity contribution in [3.8, 4) is 0 Å². The van der Waals surface area contributed by atoms with Crippen molar-refractivity contribution >= 4 is 5.97 Å². The second-order valence-electron chi connectivity index (χ2n) is 2.07. The number of carbonyl (C=O) groups excluding carboxylic acids is 1. The van der Waals surface area contributed by atoms with Crippen LogP contribution in [0.5, 0.6) is 0 Å². The Labute approximate surface area is 57.6 Å². The number of rotatable bonds is 2. The smallest absolute Gasteiger partial charge is 0.309 e. The molecule has 0 aromatic rings. The molecule has 0 unspecified atom stereocenters. The molecule has 54 valence electrons. The van der Waals surface area contributed by atoms with E-state index in [1.54, 1.807) is 0 Å². The SMILES string of the molecule is [N-]=[N+]=NC[C@H]1CCOC1=O. The number of cyclic esters (lactones) is 1. The molecule has 1 rings (SSSR count). The van der Waals surface area contributed by atoms with Crippen LogP contribution in [0.25, 0.3) is 10.4 Å². The second-order valence-corrected chi connectivity index (χ2v) is 2.07. The fraction of sp³-hybridized carbons (Fsp3) is 0.800. The summed E-state index contributed by atoms with van der Waals surface area (Å²) in [5.41, 5.74) is 7.92. The highest BCUT2D eigenvalue weighted by Gasteiger charge is 2.25. The minimum absolute atomic E-state index is 0.198. The molecular weight excluding hydrogens is 134 g/mol. The minimum Gasteiger partial charge on any atom is -0.465 e. The van der Waals surface area contributed by atoms with Crippen molar-refractivity contribution < 1.29 is 9.53 Å². The summed E-state index contributed by atoms with van der Waals surface area (Å²) in [7, 11) is 0. The van der Waals surface area contributed by atoms with Crippen LogP contribution in [0, 0.1) is 5.92 Å². The first-order valence-corrected chi connectivity index (χ1v) is 3.02. The molecule has 1 aliphatic rings. The molecule has 1 fully saturated rings. The summed E-state index contributed by atoms with van der Waals surface area (Å²) in [5.74, 6) is -0.441. The lowest BCUT2D eigenvalue weighted by Crippen LogP contribution is -2.09. The van der Waals surface area contributed by atoms with E-state index < -0.39 is 0 Å². The Morgan fingerprint density at radius 1 is 1.90 bits per heavy atom. The van der Waals surface area contributed by atoms with Gasteiger partial charge >= 0.3 is 5.97 Å². The maximum atomic E-state index is 10.7. The third-order valence-corrected chi connectivity index (χ3v) is 1.41. The van der Waals surface area contributed by atoms with Gasteiger partial charge in [0.25, 0.3) is 0 Å². The highest BCUT2D eigenvalue weighted by Crippen LogP contribution is 2.13. The zero-order chi connectivity index (χ0) is 7.40. The molecule has 5 nitrogen and oxygen atoms in total. The number of azide groups is 1. The maximum Gasteiger partial charge on any atom is 0.309 e. The third kappa shape index (κ3) is 1.39. The normalized spacial score (nSPS) is 23.6. The van der Waals surface area contributed by atoms with Gasteiger partial charge in [-0.25, -0.2) is 0 Å². The van der Waals surface area contributed by atoms with E-state index in [1.807, 2.05) is 0 Å². The lowest BCUT2D eigenvalue weighted by atomic mass is 10.1. The summed E-state index contributed by atoms with van der Waals surface area (Å²) >= 11 is 0. The average molecular weight is 141 g/mol. The molecule has 0 amide bonds. The van der Waals surface area contributed by atoms with Gasteiger partial charge in [-0.15, -0.1) is 0 Å². The van der Waals surface area contributed by atoms with E-state index in [-0.39, 0.29) is 18.4 Å². The van der Waals surface area contributed by atoms with Gasteiger partial charge in [0, 0.05) is 11.5 Å². The fourth-order valence-electron chi connectivity index (χ4n) is 0.838. The van der Waals surface area contributed by atoms with Crippen molar-refractivity contribution in [1.82, 2.24) is 0 Å². The van der Waals surface area contributed by atoms with Crippen molar-refractivity contribution in [2.45, 2.75) is 6.42 Å². The zero-order valence-electron chi connectivity index (χ0n) is 5.36. The van der Waals surface area contributed by atoms with Crippen LogP contribution in [0.4, 0.5) is 0 Å². The number of carbonyl (C=O) groups is 1. The lowest BCUT2D eigenvalue weighted by Gasteiger charge is -1.95. The molecule has 10 heavy (non-hydrogen) atoms. The van der Waals surface area contributed by atoms with Crippen LogP contribution in [0.1, 0.15) is 6.42 Å². The Bertz CT molecular complexity index is 185. The van der Waals surface area contributed by atoms with Gasteiger partial charge in [0.2, 0.25) is 0 Å². The quantitative estimate of drug-likeness (QED) is 0.247. The van der Waals surface area contributed by atoms with Crippen LogP contribution in [-0.2, 0) is 9.53 Å². The number of esters is 1. The Hall–Kier alpha value is -1.22. The first-order chi connectivity index (χ1) is 4.84. The van der Waals surface area contributed by atoms with Gasteiger partial charge in [-0.05, 0) is 12.0 Å². The highest BCUT2D eigenvalue weighted by molar-refractivity contribution is 5.74. The summed E-state index contributed by atoms with van der Waals surface area (Å²) in [6.07, 6.45) is 0.678. The van der Waals surface area contributed by atoms with E-state index in [4.69, 9.17) is 5.53 Å². The molecule has 1 atom stereocenters. The molecule has 0 bridgehead atoms. The molecule has 1 aliphatic heterocycles. The third-order valence-electron chi connectivity index (χ3n) is 1.41. The number of nitrogens with zero attached hydrogens (tertiary/aromatic N) is 3. The first-order valence-electron chi connectivity index (χ1n) is 3.02. The van der Waals surface area contributed by atoms with Crippen LogP contribution < -0.4 is 0 Å². The van der Waals surface area contributed by atoms with Gasteiger partial charge in [-0.3, -0.25) is 4.79 Å². The molecule has 1 saturated heterocycles. The van der Waals surface area contributed by atoms with Gasteiger partial charge in [0.1, 0.15) is 0 Å². The molecule has 0 saturated carbocycles. The molecule has 0 radical (unpaired) electrons. The molecule has 0 aliphatic carbocycles. The topological polar surface area (TPSA) is 75.1 Å². The van der Waals surface area contributed by atoms with E-state index in [2.05, 4.69) is 14.8 Å². The number of hydrogen-bond acceptors (Lipinski definition) is 3. The van der Waals surface area contributed by atoms with E-state index in [9.17, 15) is 4.79 Å². The van der Waals surface area contributed by atoms with Gasteiger partial charge < -0.3 is 4.74 Å². The molecule has 0 N–H and O–H groups in total. The number of ether oxygens (including phenoxy) is 1. The van der Waals surface area contributed by atoms with E-state index in [1.165, 1.54) is 0 Å². The average Bonchev–Trinajstić information content (AvgIpc) is 2.31. The second kappa shape index (κ2) is 3.08. The summed E-state index contributed by atoms with van der Waals surface area (Å²) in [6.45, 7) is 0.694. The zero-order valence-corrected chi connectivity index (χ0v) is 5.36. The van der Waals surface area contributed by atoms with Crippen molar-refractivity contribution in [2.75, 3.05) is 13.2 Å². The van der Waals surface area contributed by atoms with Crippen molar-refractivity contribution in [1.29, 1.82) is 0 Å². The van der Waals surface area contributed by atoms with Crippen molar-refractivity contribution in [3.63, 3.8) is 0 Å². The predicted octanol–water partition coefficient (Wildman–Crippen LogP) is 0.860. The minimum atomic E-state index is -0.243. The summed E-state index contributed by atoms with van der Waals surface area (Å²) < 4.78 is 4.64. The summed E-state index contributed by atoms with van der Waals surface area (Å²) in [5, 5.41) is 3.28. The van der Waals surface area contributed by atoms with Gasteiger partial charge in [0.05, 0.1) is 12.5 Å². The molecule has 1 heterocycles. The molecule has 0 spiro atoms. The van der Waals surface area contributed by atoms with E-state index in [0.717, 1.165) is 0 Å². The van der Waals surface area contributed by atoms with Crippen molar-refractivity contribution in [2.24, 2.45) is 11.0 Å². The summed E-state index contributed by atoms with van der Waals surface area (Å²) in [4.78, 5) is 13.2. The molecule has 5 heteroatoms. The number of hydrogen-bond donors (Lipinski definition) is 0. The van der Waals surface area contributed by atoms with Crippen LogP contribution in [0.2, 0.25) is 0 Å². The Morgan fingerprint density at radius 2 is 2.70 bits per heavy atom. The lowest BCUT2D eigenvalue weighted by molar-refractivity contribution is -0.140. The molecule has 0 aromatic heterocycles.